The van der Waals surface area contributed by atoms with Crippen molar-refractivity contribution in [2.75, 3.05) is 59.7 Å². The van der Waals surface area contributed by atoms with Gasteiger partial charge in [-0.1, -0.05) is 26.0 Å². The van der Waals surface area contributed by atoms with Crippen LogP contribution in [0.4, 0.5) is 4.39 Å². The van der Waals surface area contributed by atoms with Crippen molar-refractivity contribution in [1.29, 1.82) is 0 Å². The van der Waals surface area contributed by atoms with E-state index in [2.05, 4.69) is 34.4 Å². The molecule has 1 aliphatic heterocycles. The standard InChI is InChI=1S/C21H35FN4O2/c1-17(2)7-11-27-12-8-24-21(23-3)25-16-20(26-9-13-28-14-10-26)18-5-4-6-19(22)15-18/h4-6,15,17,20H,7-14,16H2,1-3H3,(H2,23,24,25). The molecule has 1 unspecified atom stereocenters. The molecule has 2 rings (SSSR count). The van der Waals surface area contributed by atoms with E-state index in [-0.39, 0.29) is 11.9 Å². The van der Waals surface area contributed by atoms with Crippen LogP contribution >= 0.6 is 0 Å². The number of benzene rings is 1. The molecule has 1 aromatic rings. The molecule has 0 aromatic heterocycles. The molecule has 1 atom stereocenters. The van der Waals surface area contributed by atoms with E-state index in [1.807, 2.05) is 6.07 Å². The van der Waals surface area contributed by atoms with Crippen LogP contribution in [0, 0.1) is 11.7 Å². The number of morpholine rings is 1. The zero-order valence-electron chi connectivity index (χ0n) is 17.4. The van der Waals surface area contributed by atoms with E-state index in [1.165, 1.54) is 6.07 Å². The second-order valence-corrected chi connectivity index (χ2v) is 7.39. The molecule has 1 saturated heterocycles. The van der Waals surface area contributed by atoms with Crippen LogP contribution in [0.15, 0.2) is 29.3 Å². The second kappa shape index (κ2) is 12.7. The number of hydrogen-bond donors (Lipinski definition) is 2. The fraction of sp³-hybridized carbons (Fsp3) is 0.667. The molecular formula is C21H35FN4O2. The Labute approximate surface area is 168 Å². The van der Waals surface area contributed by atoms with Crippen molar-refractivity contribution in [3.8, 4) is 0 Å². The largest absolute Gasteiger partial charge is 0.380 e. The van der Waals surface area contributed by atoms with Gasteiger partial charge in [-0.2, -0.15) is 0 Å². The number of aliphatic imine (C=N–C) groups is 1. The van der Waals surface area contributed by atoms with Gasteiger partial charge in [0.2, 0.25) is 0 Å². The minimum absolute atomic E-state index is 0.0560. The molecule has 0 amide bonds. The Kier molecular flexibility index (Phi) is 10.2. The van der Waals surface area contributed by atoms with E-state index in [0.717, 1.165) is 37.6 Å². The predicted molar refractivity (Wildman–Crippen MR) is 111 cm³/mol. The lowest BCUT2D eigenvalue weighted by Crippen LogP contribution is -2.46. The molecule has 158 valence electrons. The average Bonchev–Trinajstić information content (AvgIpc) is 2.69. The van der Waals surface area contributed by atoms with Crippen LogP contribution in [-0.2, 0) is 9.47 Å². The molecule has 1 aliphatic rings. The van der Waals surface area contributed by atoms with E-state index in [0.29, 0.717) is 38.8 Å². The lowest BCUT2D eigenvalue weighted by Gasteiger charge is -2.35. The van der Waals surface area contributed by atoms with E-state index in [1.54, 1.807) is 19.2 Å². The lowest BCUT2D eigenvalue weighted by atomic mass is 10.0. The molecular weight excluding hydrogens is 359 g/mol. The van der Waals surface area contributed by atoms with Crippen molar-refractivity contribution in [3.05, 3.63) is 35.6 Å². The number of nitrogens with zero attached hydrogens (tertiary/aromatic N) is 2. The van der Waals surface area contributed by atoms with Gasteiger partial charge in [-0.05, 0) is 30.0 Å². The minimum Gasteiger partial charge on any atom is -0.380 e. The Bertz CT molecular complexity index is 592. The Morgan fingerprint density at radius 3 is 2.71 bits per heavy atom. The summed E-state index contributed by atoms with van der Waals surface area (Å²) in [5.74, 6) is 1.17. The summed E-state index contributed by atoms with van der Waals surface area (Å²) < 4.78 is 24.9. The van der Waals surface area contributed by atoms with E-state index >= 15 is 0 Å². The number of ether oxygens (including phenoxy) is 2. The summed E-state index contributed by atoms with van der Waals surface area (Å²) in [5.41, 5.74) is 0.960. The van der Waals surface area contributed by atoms with Crippen molar-refractivity contribution in [1.82, 2.24) is 15.5 Å². The van der Waals surface area contributed by atoms with Gasteiger partial charge in [0.15, 0.2) is 5.96 Å². The molecule has 28 heavy (non-hydrogen) atoms. The first-order valence-corrected chi connectivity index (χ1v) is 10.2. The van der Waals surface area contributed by atoms with Gasteiger partial charge in [-0.3, -0.25) is 9.89 Å². The number of guanidine groups is 1. The number of rotatable bonds is 10. The number of nitrogens with one attached hydrogen (secondary N) is 2. The maximum absolute atomic E-state index is 13.8. The quantitative estimate of drug-likeness (QED) is 0.363. The van der Waals surface area contributed by atoms with Crippen molar-refractivity contribution in [2.45, 2.75) is 26.3 Å². The topological polar surface area (TPSA) is 58.1 Å². The lowest BCUT2D eigenvalue weighted by molar-refractivity contribution is 0.0169. The highest BCUT2D eigenvalue weighted by Crippen LogP contribution is 2.22. The monoisotopic (exact) mass is 394 g/mol. The van der Waals surface area contributed by atoms with Crippen LogP contribution in [0.1, 0.15) is 31.9 Å². The molecule has 1 fully saturated rings. The smallest absolute Gasteiger partial charge is 0.191 e. The predicted octanol–water partition coefficient (Wildman–Crippen LogP) is 2.43. The summed E-state index contributed by atoms with van der Waals surface area (Å²) in [7, 11) is 1.75. The summed E-state index contributed by atoms with van der Waals surface area (Å²) in [4.78, 5) is 6.61. The second-order valence-electron chi connectivity index (χ2n) is 7.39. The van der Waals surface area contributed by atoms with Gasteiger partial charge in [0.05, 0.1) is 25.9 Å². The van der Waals surface area contributed by atoms with Gasteiger partial charge < -0.3 is 20.1 Å². The molecule has 0 spiro atoms. The van der Waals surface area contributed by atoms with Gasteiger partial charge >= 0.3 is 0 Å². The van der Waals surface area contributed by atoms with Gasteiger partial charge in [0, 0.05) is 39.8 Å². The van der Waals surface area contributed by atoms with Gasteiger partial charge in [-0.25, -0.2) is 4.39 Å². The number of halogens is 1. The molecule has 0 aliphatic carbocycles. The average molecular weight is 395 g/mol. The van der Waals surface area contributed by atoms with Crippen molar-refractivity contribution in [2.24, 2.45) is 10.9 Å². The first-order chi connectivity index (χ1) is 13.6. The Balaban J connectivity index is 1.85. The third-order valence-electron chi connectivity index (χ3n) is 4.78. The summed E-state index contributed by atoms with van der Waals surface area (Å²) in [6, 6.07) is 6.89. The van der Waals surface area contributed by atoms with Crippen molar-refractivity contribution >= 4 is 5.96 Å². The molecule has 2 N–H and O–H groups in total. The SMILES string of the molecule is CN=C(NCCOCCC(C)C)NCC(c1cccc(F)c1)N1CCOCC1. The summed E-state index contributed by atoms with van der Waals surface area (Å²) in [6.45, 7) is 10.2. The highest BCUT2D eigenvalue weighted by molar-refractivity contribution is 5.79. The Hall–Kier alpha value is -1.70. The van der Waals surface area contributed by atoms with Crippen LogP contribution < -0.4 is 10.6 Å². The summed E-state index contributed by atoms with van der Waals surface area (Å²) >= 11 is 0. The molecule has 1 heterocycles. The van der Waals surface area contributed by atoms with Gasteiger partial charge in [-0.15, -0.1) is 0 Å². The highest BCUT2D eigenvalue weighted by atomic mass is 19.1. The first kappa shape index (κ1) is 22.6. The first-order valence-electron chi connectivity index (χ1n) is 10.2. The Morgan fingerprint density at radius 1 is 1.25 bits per heavy atom. The highest BCUT2D eigenvalue weighted by Gasteiger charge is 2.23. The van der Waals surface area contributed by atoms with Gasteiger partial charge in [0.1, 0.15) is 5.82 Å². The van der Waals surface area contributed by atoms with Crippen LogP contribution in [0.2, 0.25) is 0 Å². The summed E-state index contributed by atoms with van der Waals surface area (Å²) in [6.07, 6.45) is 1.07. The Morgan fingerprint density at radius 2 is 2.04 bits per heavy atom. The third-order valence-corrected chi connectivity index (χ3v) is 4.78. The zero-order valence-corrected chi connectivity index (χ0v) is 17.4. The van der Waals surface area contributed by atoms with Gasteiger partial charge in [0.25, 0.3) is 0 Å². The zero-order chi connectivity index (χ0) is 20.2. The van der Waals surface area contributed by atoms with E-state index < -0.39 is 0 Å². The third kappa shape index (κ3) is 8.12. The van der Waals surface area contributed by atoms with E-state index in [9.17, 15) is 4.39 Å². The molecule has 7 heteroatoms. The number of hydrogen-bond acceptors (Lipinski definition) is 4. The fourth-order valence-electron chi connectivity index (χ4n) is 3.14. The van der Waals surface area contributed by atoms with Crippen LogP contribution in [0.5, 0.6) is 0 Å². The van der Waals surface area contributed by atoms with Crippen LogP contribution in [0.25, 0.3) is 0 Å². The van der Waals surface area contributed by atoms with Crippen LogP contribution in [-0.4, -0.2) is 70.5 Å². The van der Waals surface area contributed by atoms with Crippen molar-refractivity contribution < 1.29 is 13.9 Å². The molecule has 0 radical (unpaired) electrons. The molecule has 0 saturated carbocycles. The molecule has 6 nitrogen and oxygen atoms in total. The van der Waals surface area contributed by atoms with Crippen molar-refractivity contribution in [3.63, 3.8) is 0 Å². The molecule has 0 bridgehead atoms. The molecule has 1 aromatic carbocycles. The normalized spacial score (nSPS) is 17.0. The fourth-order valence-corrected chi connectivity index (χ4v) is 3.14. The minimum atomic E-state index is -0.211. The van der Waals surface area contributed by atoms with Crippen LogP contribution in [0.3, 0.4) is 0 Å². The maximum Gasteiger partial charge on any atom is 0.191 e. The summed E-state index contributed by atoms with van der Waals surface area (Å²) in [5, 5.41) is 6.65. The van der Waals surface area contributed by atoms with E-state index in [4.69, 9.17) is 9.47 Å². The maximum atomic E-state index is 13.8.